The number of aromatic hydroxyl groups is 1. The normalized spacial score (nSPS) is 18.8. The Balaban J connectivity index is 2.10. The molecule has 1 aliphatic heterocycles. The molecule has 0 aromatic heterocycles. The molecule has 0 fully saturated rings. The molecule has 1 atom stereocenters. The summed E-state index contributed by atoms with van der Waals surface area (Å²) in [4.78, 5) is 15.9. The second kappa shape index (κ2) is 5.98. The van der Waals surface area contributed by atoms with Crippen molar-refractivity contribution in [3.8, 4) is 5.75 Å². The van der Waals surface area contributed by atoms with E-state index in [4.69, 9.17) is 11.6 Å². The van der Waals surface area contributed by atoms with Crippen molar-refractivity contribution in [3.63, 3.8) is 0 Å². The van der Waals surface area contributed by atoms with Crippen LogP contribution in [0.15, 0.2) is 35.3 Å². The lowest BCUT2D eigenvalue weighted by Crippen LogP contribution is -2.36. The summed E-state index contributed by atoms with van der Waals surface area (Å²) in [5.41, 5.74) is -3.42. The van der Waals surface area contributed by atoms with Crippen LogP contribution in [0.4, 0.5) is 17.6 Å². The molecule has 0 amide bonds. The van der Waals surface area contributed by atoms with Crippen LogP contribution in [0.2, 0.25) is 5.02 Å². The molecule has 2 N–H and O–H groups in total. The van der Waals surface area contributed by atoms with Crippen LogP contribution in [0.3, 0.4) is 0 Å². The van der Waals surface area contributed by atoms with E-state index in [1.54, 1.807) is 0 Å². The quantitative estimate of drug-likeness (QED) is 0.796. The Morgan fingerprint density at radius 2 is 1.92 bits per heavy atom. The van der Waals surface area contributed by atoms with E-state index < -0.39 is 35.5 Å². The molecule has 0 saturated carbocycles. The van der Waals surface area contributed by atoms with Gasteiger partial charge in [0.05, 0.1) is 15.9 Å². The number of carboxylic acids is 1. The van der Waals surface area contributed by atoms with Gasteiger partial charge in [0.1, 0.15) is 11.6 Å². The fourth-order valence-corrected chi connectivity index (χ4v) is 2.93. The Labute approximate surface area is 148 Å². The molecule has 136 valence electrons. The van der Waals surface area contributed by atoms with Gasteiger partial charge >= 0.3 is 12.1 Å². The third-order valence-electron chi connectivity index (χ3n) is 3.99. The van der Waals surface area contributed by atoms with Crippen LogP contribution in [0.25, 0.3) is 6.08 Å². The number of phenols is 1. The Morgan fingerprint density at radius 1 is 1.23 bits per heavy atom. The smallest absolute Gasteiger partial charge is 0.419 e. The second-order valence-electron chi connectivity index (χ2n) is 5.84. The third kappa shape index (κ3) is 3.12. The van der Waals surface area contributed by atoms with Crippen LogP contribution >= 0.6 is 11.6 Å². The maximum Gasteiger partial charge on any atom is 0.419 e. The molecule has 2 aromatic rings. The van der Waals surface area contributed by atoms with E-state index in [-0.39, 0.29) is 26.9 Å². The highest BCUT2D eigenvalue weighted by Crippen LogP contribution is 2.33. The lowest BCUT2D eigenvalue weighted by molar-refractivity contribution is -0.140. The van der Waals surface area contributed by atoms with Crippen LogP contribution in [0, 0.1) is 5.82 Å². The largest absolute Gasteiger partial charge is 0.506 e. The number of phenolic OH excluding ortho intramolecular Hbond substituents is 1. The molecule has 0 radical (unpaired) electrons. The predicted octanol–water partition coefficient (Wildman–Crippen LogP) is 2.68. The van der Waals surface area contributed by atoms with Gasteiger partial charge in [-0.2, -0.15) is 13.2 Å². The molecule has 0 spiro atoms. The van der Waals surface area contributed by atoms with Crippen LogP contribution in [0.1, 0.15) is 11.1 Å². The number of aliphatic carboxylic acids is 1. The number of halogens is 5. The first kappa shape index (κ1) is 18.2. The second-order valence-corrected chi connectivity index (χ2v) is 6.24. The molecular weight excluding hydrogens is 378 g/mol. The summed E-state index contributed by atoms with van der Waals surface area (Å²) >= 11 is 5.78. The summed E-state index contributed by atoms with van der Waals surface area (Å²) in [6.45, 7) is 0. The van der Waals surface area contributed by atoms with Gasteiger partial charge in [-0.05, 0) is 35.9 Å². The molecule has 9 heteroatoms. The minimum atomic E-state index is -4.91. The molecule has 1 unspecified atom stereocenters. The van der Waals surface area contributed by atoms with Crippen molar-refractivity contribution in [3.05, 3.63) is 62.9 Å². The number of hydrogen-bond acceptors (Lipinski definition) is 3. The topological polar surface area (TPSA) is 69.9 Å². The highest BCUT2D eigenvalue weighted by atomic mass is 35.5. The molecule has 0 saturated heterocycles. The van der Waals surface area contributed by atoms with Gasteiger partial charge in [-0.25, -0.2) is 9.18 Å². The average Bonchev–Trinajstić information content (AvgIpc) is 2.87. The van der Waals surface area contributed by atoms with E-state index in [1.807, 2.05) is 0 Å². The van der Waals surface area contributed by atoms with Gasteiger partial charge < -0.3 is 10.2 Å². The third-order valence-corrected chi connectivity index (χ3v) is 4.29. The molecule has 1 aliphatic rings. The number of nitrogens with zero attached hydrogens (tertiary/aromatic N) is 1. The van der Waals surface area contributed by atoms with Gasteiger partial charge in [0.15, 0.2) is 5.54 Å². The maximum absolute atomic E-state index is 13.4. The number of fused-ring (bicyclic) bond motifs is 1. The zero-order valence-corrected chi connectivity index (χ0v) is 13.6. The number of hydrogen-bond donors (Lipinski definition) is 2. The Morgan fingerprint density at radius 3 is 2.54 bits per heavy atom. The Kier molecular flexibility index (Phi) is 4.18. The highest BCUT2D eigenvalue weighted by Gasteiger charge is 2.40. The molecular formula is C17H10ClF4NO3. The van der Waals surface area contributed by atoms with E-state index in [0.717, 1.165) is 6.07 Å². The highest BCUT2D eigenvalue weighted by molar-refractivity contribution is 6.31. The first-order chi connectivity index (χ1) is 12.0. The summed E-state index contributed by atoms with van der Waals surface area (Å²) in [5, 5.41) is 19.7. The lowest BCUT2D eigenvalue weighted by atomic mass is 9.90. The predicted molar refractivity (Wildman–Crippen MR) is 83.8 cm³/mol. The standard InChI is InChI=1S/C17H10ClF4NO3/c18-11-5-13-9(4-14(11)24)7-16(23-13,15(25)26)6-8-1-2-12(19)10(3-8)17(20,21)22/h1-5,7,24H,6H2,(H,25,26). The van der Waals surface area contributed by atoms with E-state index in [2.05, 4.69) is 4.99 Å². The van der Waals surface area contributed by atoms with Crippen molar-refractivity contribution in [1.29, 1.82) is 0 Å². The van der Waals surface area contributed by atoms with E-state index >= 15 is 0 Å². The van der Waals surface area contributed by atoms with Crippen molar-refractivity contribution in [2.45, 2.75) is 18.1 Å². The monoisotopic (exact) mass is 387 g/mol. The molecule has 3 rings (SSSR count). The van der Waals surface area contributed by atoms with Crippen molar-refractivity contribution in [1.82, 2.24) is 0 Å². The Bertz CT molecular complexity index is 993. The van der Waals surface area contributed by atoms with E-state index in [9.17, 15) is 32.6 Å². The molecule has 1 heterocycles. The molecule has 0 bridgehead atoms. The number of alkyl halides is 3. The molecule has 26 heavy (non-hydrogen) atoms. The van der Waals surface area contributed by atoms with Crippen LogP contribution < -0.4 is 10.6 Å². The van der Waals surface area contributed by atoms with Crippen LogP contribution in [0.5, 0.6) is 5.75 Å². The van der Waals surface area contributed by atoms with Crippen LogP contribution in [-0.4, -0.2) is 21.7 Å². The zero-order valence-electron chi connectivity index (χ0n) is 12.8. The zero-order chi connectivity index (χ0) is 19.3. The SMILES string of the molecule is O=C(O)C1(Cc2ccc(F)c(C(F)(F)F)c2)C=c2cc(O)c(Cl)cc2=N1. The van der Waals surface area contributed by atoms with Crippen molar-refractivity contribution in [2.24, 2.45) is 4.99 Å². The van der Waals surface area contributed by atoms with Gasteiger partial charge in [0.25, 0.3) is 0 Å². The molecule has 2 aromatic carbocycles. The van der Waals surface area contributed by atoms with Gasteiger partial charge in [-0.3, -0.25) is 4.99 Å². The Hall–Kier alpha value is -2.61. The summed E-state index contributed by atoms with van der Waals surface area (Å²) in [7, 11) is 0. The van der Waals surface area contributed by atoms with E-state index in [1.165, 1.54) is 18.2 Å². The maximum atomic E-state index is 13.4. The fourth-order valence-electron chi connectivity index (χ4n) is 2.77. The van der Waals surface area contributed by atoms with Crippen LogP contribution in [-0.2, 0) is 17.4 Å². The fraction of sp³-hybridized carbons (Fsp3) is 0.176. The number of carboxylic acid groups (broad SMARTS) is 1. The first-order valence-corrected chi connectivity index (χ1v) is 7.60. The number of carbonyl (C=O) groups is 1. The minimum absolute atomic E-state index is 0.0387. The summed E-state index contributed by atoms with van der Waals surface area (Å²) in [6, 6.07) is 4.76. The summed E-state index contributed by atoms with van der Waals surface area (Å²) in [5.74, 6) is -3.13. The first-order valence-electron chi connectivity index (χ1n) is 7.22. The molecule has 0 aliphatic carbocycles. The minimum Gasteiger partial charge on any atom is -0.506 e. The van der Waals surface area contributed by atoms with Gasteiger partial charge in [-0.15, -0.1) is 0 Å². The van der Waals surface area contributed by atoms with Crippen molar-refractivity contribution in [2.75, 3.05) is 0 Å². The summed E-state index contributed by atoms with van der Waals surface area (Å²) in [6.07, 6.45) is -4.12. The van der Waals surface area contributed by atoms with Crippen molar-refractivity contribution < 1.29 is 32.6 Å². The van der Waals surface area contributed by atoms with Crippen molar-refractivity contribution >= 4 is 23.6 Å². The lowest BCUT2D eigenvalue weighted by Gasteiger charge is -2.20. The number of rotatable bonds is 3. The van der Waals surface area contributed by atoms with Gasteiger partial charge in [-0.1, -0.05) is 17.7 Å². The molecule has 4 nitrogen and oxygen atoms in total. The van der Waals surface area contributed by atoms with Gasteiger partial charge in [0.2, 0.25) is 0 Å². The van der Waals surface area contributed by atoms with Gasteiger partial charge in [0, 0.05) is 11.6 Å². The van der Waals surface area contributed by atoms with E-state index in [0.29, 0.717) is 12.1 Å². The number of benzene rings is 2. The summed E-state index contributed by atoms with van der Waals surface area (Å²) < 4.78 is 52.0. The average molecular weight is 388 g/mol.